The van der Waals surface area contributed by atoms with Gasteiger partial charge in [0, 0.05) is 0 Å². The third-order valence-electron chi connectivity index (χ3n) is 4.36. The number of hydrogen-bond donors (Lipinski definition) is 2. The summed E-state index contributed by atoms with van der Waals surface area (Å²) in [7, 11) is 0. The molecule has 1 fully saturated rings. The van der Waals surface area contributed by atoms with Gasteiger partial charge < -0.3 is 15.2 Å². The van der Waals surface area contributed by atoms with Crippen LogP contribution < -0.4 is 10.1 Å². The number of aliphatic hydroxyl groups is 1. The minimum atomic E-state index is -0.652. The van der Waals surface area contributed by atoms with E-state index in [0.717, 1.165) is 31.7 Å². The number of rotatable bonds is 3. The van der Waals surface area contributed by atoms with Gasteiger partial charge in [0.1, 0.15) is 18.0 Å². The van der Waals surface area contributed by atoms with Crippen molar-refractivity contribution in [1.29, 1.82) is 0 Å². The van der Waals surface area contributed by atoms with E-state index >= 15 is 0 Å². The fourth-order valence-corrected chi connectivity index (χ4v) is 3.05. The van der Waals surface area contributed by atoms with Crippen LogP contribution in [-0.2, 0) is 12.8 Å². The predicted octanol–water partition coefficient (Wildman–Crippen LogP) is 2.06. The van der Waals surface area contributed by atoms with Crippen LogP contribution in [-0.4, -0.2) is 30.4 Å². The Hall–Kier alpha value is -1.06. The average molecular weight is 261 g/mol. The number of hydrogen-bond acceptors (Lipinski definition) is 3. The van der Waals surface area contributed by atoms with Gasteiger partial charge in [0.2, 0.25) is 0 Å². The van der Waals surface area contributed by atoms with Gasteiger partial charge in [0.05, 0.1) is 0 Å². The van der Waals surface area contributed by atoms with E-state index in [0.29, 0.717) is 6.61 Å². The Bertz CT molecular complexity index is 438. The second kappa shape index (κ2) is 5.51. The van der Waals surface area contributed by atoms with E-state index in [4.69, 9.17) is 4.74 Å². The minimum absolute atomic E-state index is 0.410. The number of aryl methyl sites for hydroxylation is 2. The molecule has 104 valence electrons. The lowest BCUT2D eigenvalue weighted by molar-refractivity contribution is -0.0286. The maximum Gasteiger partial charge on any atom is 0.119 e. The Kier molecular flexibility index (Phi) is 3.76. The number of piperidine rings is 1. The normalized spacial score (nSPS) is 21.7. The van der Waals surface area contributed by atoms with Crippen LogP contribution >= 0.6 is 0 Å². The van der Waals surface area contributed by atoms with Crippen molar-refractivity contribution >= 4 is 0 Å². The second-order valence-corrected chi connectivity index (χ2v) is 5.90. The van der Waals surface area contributed by atoms with E-state index in [-0.39, 0.29) is 0 Å². The lowest BCUT2D eigenvalue weighted by Crippen LogP contribution is -2.45. The SMILES string of the molecule is OC1(COc2ccc3c(c2)CCCC3)CCNCC1. The van der Waals surface area contributed by atoms with Crippen molar-refractivity contribution in [3.63, 3.8) is 0 Å². The summed E-state index contributed by atoms with van der Waals surface area (Å²) in [5.74, 6) is 0.910. The Morgan fingerprint density at radius 1 is 1.11 bits per heavy atom. The molecule has 1 aliphatic heterocycles. The van der Waals surface area contributed by atoms with Gasteiger partial charge in [0.25, 0.3) is 0 Å². The molecule has 2 N–H and O–H groups in total. The standard InChI is InChI=1S/C16H23NO2/c18-16(7-9-17-10-8-16)12-19-15-6-5-13-3-1-2-4-14(13)11-15/h5-6,11,17-18H,1-4,7-10,12H2. The minimum Gasteiger partial charge on any atom is -0.491 e. The third kappa shape index (κ3) is 3.10. The summed E-state index contributed by atoms with van der Waals surface area (Å²) in [5.41, 5.74) is 2.25. The summed E-state index contributed by atoms with van der Waals surface area (Å²) < 4.78 is 5.84. The van der Waals surface area contributed by atoms with Crippen LogP contribution in [0, 0.1) is 0 Å². The van der Waals surface area contributed by atoms with Crippen molar-refractivity contribution in [3.8, 4) is 5.75 Å². The van der Waals surface area contributed by atoms with Gasteiger partial charge in [0.15, 0.2) is 0 Å². The Labute approximate surface area is 115 Å². The molecule has 0 unspecified atom stereocenters. The first-order valence-electron chi connectivity index (χ1n) is 7.43. The topological polar surface area (TPSA) is 41.5 Å². The molecule has 0 atom stereocenters. The first kappa shape index (κ1) is 12.9. The summed E-state index contributed by atoms with van der Waals surface area (Å²) in [4.78, 5) is 0. The number of fused-ring (bicyclic) bond motifs is 1. The maximum atomic E-state index is 10.4. The lowest BCUT2D eigenvalue weighted by Gasteiger charge is -2.32. The van der Waals surface area contributed by atoms with Gasteiger partial charge in [-0.05, 0) is 74.9 Å². The largest absolute Gasteiger partial charge is 0.491 e. The van der Waals surface area contributed by atoms with Crippen molar-refractivity contribution in [1.82, 2.24) is 5.32 Å². The molecule has 0 aromatic heterocycles. The quantitative estimate of drug-likeness (QED) is 0.875. The van der Waals surface area contributed by atoms with Crippen LogP contribution in [0.2, 0.25) is 0 Å². The molecular weight excluding hydrogens is 238 g/mol. The van der Waals surface area contributed by atoms with Crippen LogP contribution in [0.3, 0.4) is 0 Å². The zero-order chi connectivity index (χ0) is 13.1. The van der Waals surface area contributed by atoms with E-state index < -0.39 is 5.60 Å². The highest BCUT2D eigenvalue weighted by atomic mass is 16.5. The monoisotopic (exact) mass is 261 g/mol. The Morgan fingerprint density at radius 3 is 2.63 bits per heavy atom. The molecule has 2 aliphatic rings. The van der Waals surface area contributed by atoms with Crippen LogP contribution in [0.4, 0.5) is 0 Å². The van der Waals surface area contributed by atoms with Crippen molar-refractivity contribution < 1.29 is 9.84 Å². The highest BCUT2D eigenvalue weighted by Gasteiger charge is 2.30. The van der Waals surface area contributed by atoms with Crippen LogP contribution in [0.15, 0.2) is 18.2 Å². The second-order valence-electron chi connectivity index (χ2n) is 5.90. The van der Waals surface area contributed by atoms with Crippen LogP contribution in [0.5, 0.6) is 5.75 Å². The molecule has 1 aromatic rings. The molecule has 0 radical (unpaired) electrons. The van der Waals surface area contributed by atoms with Gasteiger partial charge in [-0.2, -0.15) is 0 Å². The first-order chi connectivity index (χ1) is 9.25. The smallest absolute Gasteiger partial charge is 0.119 e. The molecule has 3 heteroatoms. The molecule has 3 nitrogen and oxygen atoms in total. The van der Waals surface area contributed by atoms with Gasteiger partial charge in [-0.3, -0.25) is 0 Å². The predicted molar refractivity (Wildman–Crippen MR) is 75.6 cm³/mol. The molecule has 0 amide bonds. The van der Waals surface area contributed by atoms with Gasteiger partial charge in [-0.15, -0.1) is 0 Å². The fourth-order valence-electron chi connectivity index (χ4n) is 3.05. The van der Waals surface area contributed by atoms with E-state index in [2.05, 4.69) is 23.5 Å². The van der Waals surface area contributed by atoms with Crippen molar-refractivity contribution in [3.05, 3.63) is 29.3 Å². The van der Waals surface area contributed by atoms with E-state index in [1.165, 1.54) is 36.8 Å². The van der Waals surface area contributed by atoms with Crippen LogP contribution in [0.1, 0.15) is 36.8 Å². The number of nitrogens with one attached hydrogen (secondary N) is 1. The Morgan fingerprint density at radius 2 is 1.84 bits per heavy atom. The highest BCUT2D eigenvalue weighted by Crippen LogP contribution is 2.26. The average Bonchev–Trinajstić information content (AvgIpc) is 2.46. The van der Waals surface area contributed by atoms with Crippen molar-refractivity contribution in [2.75, 3.05) is 19.7 Å². The molecule has 3 rings (SSSR count). The fraction of sp³-hybridized carbons (Fsp3) is 0.625. The summed E-state index contributed by atoms with van der Waals surface area (Å²) in [6.45, 7) is 2.17. The molecular formula is C16H23NO2. The molecule has 0 bridgehead atoms. The summed E-state index contributed by atoms with van der Waals surface area (Å²) in [6, 6.07) is 6.41. The molecule has 0 saturated carbocycles. The third-order valence-corrected chi connectivity index (χ3v) is 4.36. The van der Waals surface area contributed by atoms with Gasteiger partial charge in [-0.1, -0.05) is 6.07 Å². The maximum absolute atomic E-state index is 10.4. The number of benzene rings is 1. The van der Waals surface area contributed by atoms with Crippen molar-refractivity contribution in [2.45, 2.75) is 44.1 Å². The zero-order valence-electron chi connectivity index (χ0n) is 11.5. The van der Waals surface area contributed by atoms with Gasteiger partial charge in [-0.25, -0.2) is 0 Å². The van der Waals surface area contributed by atoms with E-state index in [1.807, 2.05) is 0 Å². The van der Waals surface area contributed by atoms with E-state index in [1.54, 1.807) is 0 Å². The summed E-state index contributed by atoms with van der Waals surface area (Å²) in [6.07, 6.45) is 6.51. The molecule has 1 saturated heterocycles. The molecule has 0 spiro atoms. The lowest BCUT2D eigenvalue weighted by atomic mass is 9.91. The number of ether oxygens (including phenoxy) is 1. The molecule has 1 aromatic carbocycles. The molecule has 1 aliphatic carbocycles. The summed E-state index contributed by atoms with van der Waals surface area (Å²) >= 11 is 0. The van der Waals surface area contributed by atoms with Crippen molar-refractivity contribution in [2.24, 2.45) is 0 Å². The van der Waals surface area contributed by atoms with Crippen LogP contribution in [0.25, 0.3) is 0 Å². The Balaban J connectivity index is 1.63. The summed E-state index contributed by atoms with van der Waals surface area (Å²) in [5, 5.41) is 13.7. The first-order valence-corrected chi connectivity index (χ1v) is 7.43. The highest BCUT2D eigenvalue weighted by molar-refractivity contribution is 5.37. The van der Waals surface area contributed by atoms with E-state index in [9.17, 15) is 5.11 Å². The molecule has 1 heterocycles. The van der Waals surface area contributed by atoms with Gasteiger partial charge >= 0.3 is 0 Å². The zero-order valence-corrected chi connectivity index (χ0v) is 11.5. The molecule has 19 heavy (non-hydrogen) atoms.